The maximum atomic E-state index is 13.0. The summed E-state index contributed by atoms with van der Waals surface area (Å²) in [6.07, 6.45) is 1.72. The summed E-state index contributed by atoms with van der Waals surface area (Å²) < 4.78 is 41.7. The van der Waals surface area contributed by atoms with Gasteiger partial charge in [0, 0.05) is 29.9 Å². The summed E-state index contributed by atoms with van der Waals surface area (Å²) in [5.74, 6) is 0.793. The van der Waals surface area contributed by atoms with Gasteiger partial charge in [-0.25, -0.2) is 8.42 Å². The van der Waals surface area contributed by atoms with Crippen LogP contribution in [0, 0.1) is 6.92 Å². The molecule has 4 aromatic rings. The van der Waals surface area contributed by atoms with Gasteiger partial charge in [0.25, 0.3) is 15.9 Å². The number of anilines is 1. The first kappa shape index (κ1) is 22.9. The topological polar surface area (TPSA) is 99.0 Å². The van der Waals surface area contributed by atoms with Crippen molar-refractivity contribution in [1.29, 1.82) is 0 Å². The second-order valence-electron chi connectivity index (χ2n) is 7.87. The molecule has 1 aliphatic rings. The summed E-state index contributed by atoms with van der Waals surface area (Å²) in [4.78, 5) is 18.0. The summed E-state index contributed by atoms with van der Waals surface area (Å²) in [5, 5.41) is 0. The van der Waals surface area contributed by atoms with Crippen LogP contribution < -0.4 is 19.0 Å². The SMILES string of the molecule is C=CCn1c(=NC(=O)c2cccc(NS(=O)(=O)c3ccc(C)cc3)c2)sc2cc3c(cc21)OCO3. The van der Waals surface area contributed by atoms with Crippen LogP contribution in [0.15, 0.2) is 83.2 Å². The number of thiazole rings is 1. The third kappa shape index (κ3) is 4.58. The number of benzene rings is 3. The van der Waals surface area contributed by atoms with Gasteiger partial charge in [0.1, 0.15) is 0 Å². The Kier molecular flexibility index (Phi) is 5.91. The van der Waals surface area contributed by atoms with Gasteiger partial charge < -0.3 is 14.0 Å². The van der Waals surface area contributed by atoms with Crippen LogP contribution in [0.5, 0.6) is 11.5 Å². The molecule has 2 heterocycles. The van der Waals surface area contributed by atoms with Crippen LogP contribution in [0.4, 0.5) is 5.69 Å². The highest BCUT2D eigenvalue weighted by Crippen LogP contribution is 2.37. The molecule has 0 unspecified atom stereocenters. The molecule has 0 bridgehead atoms. The van der Waals surface area contributed by atoms with E-state index in [1.807, 2.05) is 23.6 Å². The number of aromatic nitrogens is 1. The molecule has 0 atom stereocenters. The summed E-state index contributed by atoms with van der Waals surface area (Å²) >= 11 is 1.35. The molecule has 0 spiro atoms. The van der Waals surface area contributed by atoms with Crippen LogP contribution in [-0.4, -0.2) is 25.7 Å². The van der Waals surface area contributed by atoms with Crippen molar-refractivity contribution < 1.29 is 22.7 Å². The summed E-state index contributed by atoms with van der Waals surface area (Å²) in [6.45, 7) is 6.31. The van der Waals surface area contributed by atoms with E-state index in [0.29, 0.717) is 22.8 Å². The summed E-state index contributed by atoms with van der Waals surface area (Å²) in [7, 11) is -3.80. The largest absolute Gasteiger partial charge is 0.454 e. The maximum Gasteiger partial charge on any atom is 0.279 e. The Balaban J connectivity index is 1.48. The lowest BCUT2D eigenvalue weighted by Crippen LogP contribution is -2.16. The van der Waals surface area contributed by atoms with Gasteiger partial charge in [-0.2, -0.15) is 4.99 Å². The van der Waals surface area contributed by atoms with Crippen LogP contribution in [-0.2, 0) is 16.6 Å². The number of amides is 1. The molecule has 0 fully saturated rings. The lowest BCUT2D eigenvalue weighted by Gasteiger charge is -2.09. The molecule has 8 nitrogen and oxygen atoms in total. The van der Waals surface area contributed by atoms with E-state index in [9.17, 15) is 13.2 Å². The Labute approximate surface area is 205 Å². The van der Waals surface area contributed by atoms with Gasteiger partial charge in [-0.1, -0.05) is 41.2 Å². The molecule has 1 aromatic heterocycles. The zero-order valence-electron chi connectivity index (χ0n) is 18.7. The van der Waals surface area contributed by atoms with Gasteiger partial charge in [-0.3, -0.25) is 9.52 Å². The zero-order valence-corrected chi connectivity index (χ0v) is 20.4. The van der Waals surface area contributed by atoms with Crippen molar-refractivity contribution in [1.82, 2.24) is 4.57 Å². The number of allylic oxidation sites excluding steroid dienone is 1. The number of carbonyl (C=O) groups is 1. The molecule has 0 saturated heterocycles. The highest BCUT2D eigenvalue weighted by Gasteiger charge is 2.18. The monoisotopic (exact) mass is 507 g/mol. The van der Waals surface area contributed by atoms with Gasteiger partial charge in [-0.15, -0.1) is 6.58 Å². The smallest absolute Gasteiger partial charge is 0.279 e. The first-order valence-corrected chi connectivity index (χ1v) is 13.0. The van der Waals surface area contributed by atoms with E-state index in [-0.39, 0.29) is 22.9 Å². The Morgan fingerprint density at radius 1 is 1.14 bits per heavy atom. The molecule has 0 saturated carbocycles. The fourth-order valence-electron chi connectivity index (χ4n) is 3.65. The Morgan fingerprint density at radius 2 is 1.89 bits per heavy atom. The van der Waals surface area contributed by atoms with E-state index in [2.05, 4.69) is 16.3 Å². The standard InChI is InChI=1S/C25H21N3O5S2/c1-3-11-28-20-13-21-22(33-15-32-21)14-23(20)34-25(28)26-24(29)17-5-4-6-18(12-17)27-35(30,31)19-9-7-16(2)8-10-19/h3-10,12-14,27H,1,11,15H2,2H3. The number of ether oxygens (including phenoxy) is 2. The minimum atomic E-state index is -3.80. The minimum absolute atomic E-state index is 0.139. The number of nitrogens with one attached hydrogen (secondary N) is 1. The lowest BCUT2D eigenvalue weighted by atomic mass is 10.2. The number of rotatable bonds is 6. The first-order valence-electron chi connectivity index (χ1n) is 10.7. The Bertz CT molecular complexity index is 1630. The van der Waals surface area contributed by atoms with Crippen LogP contribution >= 0.6 is 11.3 Å². The van der Waals surface area contributed by atoms with Gasteiger partial charge >= 0.3 is 0 Å². The first-order chi connectivity index (χ1) is 16.8. The highest BCUT2D eigenvalue weighted by atomic mass is 32.2. The van der Waals surface area contributed by atoms with Crippen LogP contribution in [0.2, 0.25) is 0 Å². The van der Waals surface area contributed by atoms with Crippen molar-refractivity contribution in [2.24, 2.45) is 4.99 Å². The van der Waals surface area contributed by atoms with Crippen LogP contribution in [0.1, 0.15) is 15.9 Å². The molecular weight excluding hydrogens is 486 g/mol. The van der Waals surface area contributed by atoms with Crippen molar-refractivity contribution >= 4 is 43.2 Å². The second kappa shape index (κ2) is 9.05. The third-order valence-corrected chi connectivity index (χ3v) is 7.82. The molecule has 0 radical (unpaired) electrons. The van der Waals surface area contributed by atoms with E-state index in [0.717, 1.165) is 15.8 Å². The number of nitrogens with zero attached hydrogens (tertiary/aromatic N) is 2. The molecule has 5 rings (SSSR count). The number of hydrogen-bond acceptors (Lipinski definition) is 6. The minimum Gasteiger partial charge on any atom is -0.454 e. The fourth-order valence-corrected chi connectivity index (χ4v) is 5.75. The quantitative estimate of drug-likeness (QED) is 0.388. The maximum absolute atomic E-state index is 13.0. The van der Waals surface area contributed by atoms with E-state index in [4.69, 9.17) is 9.47 Å². The molecule has 1 aliphatic heterocycles. The molecule has 0 aliphatic carbocycles. The molecule has 35 heavy (non-hydrogen) atoms. The van der Waals surface area contributed by atoms with Gasteiger partial charge in [0.15, 0.2) is 16.3 Å². The van der Waals surface area contributed by atoms with Crippen molar-refractivity contribution in [3.05, 3.63) is 89.2 Å². The van der Waals surface area contributed by atoms with Gasteiger partial charge in [0.05, 0.1) is 15.1 Å². The molecule has 1 amide bonds. The number of aryl methyl sites for hydroxylation is 1. The molecular formula is C25H21N3O5S2. The van der Waals surface area contributed by atoms with Gasteiger partial charge in [0.2, 0.25) is 6.79 Å². The highest BCUT2D eigenvalue weighted by molar-refractivity contribution is 7.92. The Hall–Kier alpha value is -3.89. The number of hydrogen-bond donors (Lipinski definition) is 1. The zero-order chi connectivity index (χ0) is 24.6. The average Bonchev–Trinajstić information content (AvgIpc) is 3.42. The number of sulfonamides is 1. The van der Waals surface area contributed by atoms with Crippen molar-refractivity contribution in [2.75, 3.05) is 11.5 Å². The number of carbonyl (C=O) groups excluding carboxylic acids is 1. The average molecular weight is 508 g/mol. The molecule has 3 aromatic carbocycles. The number of fused-ring (bicyclic) bond motifs is 2. The third-order valence-electron chi connectivity index (χ3n) is 5.38. The van der Waals surface area contributed by atoms with Crippen molar-refractivity contribution in [3.8, 4) is 11.5 Å². The molecule has 1 N–H and O–H groups in total. The van der Waals surface area contributed by atoms with E-state index < -0.39 is 15.9 Å². The summed E-state index contributed by atoms with van der Waals surface area (Å²) in [5.41, 5.74) is 2.33. The summed E-state index contributed by atoms with van der Waals surface area (Å²) in [6, 6.07) is 16.5. The van der Waals surface area contributed by atoms with E-state index in [1.54, 1.807) is 36.4 Å². The second-order valence-corrected chi connectivity index (χ2v) is 10.6. The van der Waals surface area contributed by atoms with E-state index in [1.165, 1.54) is 29.5 Å². The van der Waals surface area contributed by atoms with Crippen molar-refractivity contribution in [3.63, 3.8) is 0 Å². The van der Waals surface area contributed by atoms with Crippen molar-refractivity contribution in [2.45, 2.75) is 18.4 Å². The van der Waals surface area contributed by atoms with Crippen LogP contribution in [0.25, 0.3) is 10.2 Å². The lowest BCUT2D eigenvalue weighted by molar-refractivity contribution is 0.0998. The van der Waals surface area contributed by atoms with Crippen LogP contribution in [0.3, 0.4) is 0 Å². The fraction of sp³-hybridized carbons (Fsp3) is 0.120. The molecule has 178 valence electrons. The Morgan fingerprint density at radius 3 is 2.63 bits per heavy atom. The predicted octanol–water partition coefficient (Wildman–Crippen LogP) is 4.47. The normalized spacial score (nSPS) is 13.2. The molecule has 10 heteroatoms. The van der Waals surface area contributed by atoms with Gasteiger partial charge in [-0.05, 0) is 37.3 Å². The predicted molar refractivity (Wildman–Crippen MR) is 134 cm³/mol. The van der Waals surface area contributed by atoms with E-state index >= 15 is 0 Å².